The maximum Gasteiger partial charge on any atom is 0.335 e. The van der Waals surface area contributed by atoms with Crippen LogP contribution >= 0.6 is 0 Å². The number of hydrogen-bond acceptors (Lipinski definition) is 4. The van der Waals surface area contributed by atoms with Crippen LogP contribution in [-0.2, 0) is 14.8 Å². The van der Waals surface area contributed by atoms with Gasteiger partial charge in [0.15, 0.2) is 0 Å². The van der Waals surface area contributed by atoms with Gasteiger partial charge in [0.1, 0.15) is 0 Å². The number of carbonyl (C=O) groups excluding carboxylic acids is 1. The minimum atomic E-state index is -3.83. The van der Waals surface area contributed by atoms with Gasteiger partial charge in [0, 0.05) is 13.1 Å². The van der Waals surface area contributed by atoms with Gasteiger partial charge in [-0.2, -0.15) is 0 Å². The number of carboxylic acid groups (broad SMARTS) is 1. The smallest absolute Gasteiger partial charge is 0.335 e. The SMILES string of the molecule is CN(C(=O)CNS(=O)(=O)c1ccc(C(=O)O)cc1)C1CC1. The lowest BCUT2D eigenvalue weighted by Crippen LogP contribution is -2.39. The van der Waals surface area contributed by atoms with Crippen LogP contribution in [0.25, 0.3) is 0 Å². The molecule has 1 amide bonds. The zero-order chi connectivity index (χ0) is 15.6. The largest absolute Gasteiger partial charge is 0.478 e. The lowest BCUT2D eigenvalue weighted by atomic mass is 10.2. The topological polar surface area (TPSA) is 104 Å². The third-order valence-electron chi connectivity index (χ3n) is 3.31. The zero-order valence-electron chi connectivity index (χ0n) is 11.4. The molecule has 1 fully saturated rings. The predicted molar refractivity (Wildman–Crippen MR) is 74.4 cm³/mol. The van der Waals surface area contributed by atoms with Crippen molar-refractivity contribution in [2.75, 3.05) is 13.6 Å². The summed E-state index contributed by atoms with van der Waals surface area (Å²) in [7, 11) is -2.18. The molecule has 0 radical (unpaired) electrons. The Labute approximate surface area is 122 Å². The van der Waals surface area contributed by atoms with E-state index in [0.29, 0.717) is 0 Å². The number of carbonyl (C=O) groups is 2. The number of nitrogens with one attached hydrogen (secondary N) is 1. The number of nitrogens with zero attached hydrogens (tertiary/aromatic N) is 1. The molecule has 0 aromatic heterocycles. The van der Waals surface area contributed by atoms with Crippen molar-refractivity contribution in [2.45, 2.75) is 23.8 Å². The lowest BCUT2D eigenvalue weighted by Gasteiger charge is -2.16. The minimum absolute atomic E-state index is 0.00140. The van der Waals surface area contributed by atoms with E-state index in [-0.39, 0.29) is 29.0 Å². The van der Waals surface area contributed by atoms with Gasteiger partial charge in [-0.25, -0.2) is 17.9 Å². The molecule has 0 heterocycles. The number of aromatic carboxylic acids is 1. The van der Waals surface area contributed by atoms with Gasteiger partial charge in [0.25, 0.3) is 0 Å². The van der Waals surface area contributed by atoms with Crippen LogP contribution in [0.3, 0.4) is 0 Å². The Balaban J connectivity index is 2.00. The molecule has 0 bridgehead atoms. The van der Waals surface area contributed by atoms with E-state index in [1.165, 1.54) is 29.2 Å². The monoisotopic (exact) mass is 312 g/mol. The molecule has 0 spiro atoms. The van der Waals surface area contributed by atoms with Crippen LogP contribution in [-0.4, -0.2) is 49.9 Å². The van der Waals surface area contributed by atoms with Gasteiger partial charge in [-0.3, -0.25) is 4.79 Å². The Morgan fingerprint density at radius 3 is 2.33 bits per heavy atom. The molecule has 2 N–H and O–H groups in total. The van der Waals surface area contributed by atoms with Crippen molar-refractivity contribution in [3.63, 3.8) is 0 Å². The highest BCUT2D eigenvalue weighted by atomic mass is 32.2. The highest BCUT2D eigenvalue weighted by molar-refractivity contribution is 7.89. The third-order valence-corrected chi connectivity index (χ3v) is 4.73. The van der Waals surface area contributed by atoms with Gasteiger partial charge in [0.05, 0.1) is 17.0 Å². The van der Waals surface area contributed by atoms with Crippen LogP contribution in [0.2, 0.25) is 0 Å². The second-order valence-corrected chi connectivity index (χ2v) is 6.66. The molecule has 1 aromatic rings. The van der Waals surface area contributed by atoms with E-state index in [2.05, 4.69) is 4.72 Å². The van der Waals surface area contributed by atoms with E-state index in [4.69, 9.17) is 5.11 Å². The van der Waals surface area contributed by atoms with Crippen LogP contribution in [0, 0.1) is 0 Å². The third kappa shape index (κ3) is 3.79. The first-order chi connectivity index (χ1) is 9.81. The summed E-state index contributed by atoms with van der Waals surface area (Å²) < 4.78 is 26.2. The van der Waals surface area contributed by atoms with Crippen molar-refractivity contribution in [2.24, 2.45) is 0 Å². The maximum absolute atomic E-state index is 12.0. The Morgan fingerprint density at radius 2 is 1.86 bits per heavy atom. The zero-order valence-corrected chi connectivity index (χ0v) is 12.3. The number of rotatable bonds is 6. The predicted octanol–water partition coefficient (Wildman–Crippen LogP) is 0.284. The number of benzene rings is 1. The molecule has 8 heteroatoms. The maximum atomic E-state index is 12.0. The highest BCUT2D eigenvalue weighted by Crippen LogP contribution is 2.25. The molecule has 21 heavy (non-hydrogen) atoms. The second-order valence-electron chi connectivity index (χ2n) is 4.89. The van der Waals surface area contributed by atoms with Gasteiger partial charge in [-0.1, -0.05) is 0 Å². The summed E-state index contributed by atoms with van der Waals surface area (Å²) >= 11 is 0. The fourth-order valence-corrected chi connectivity index (χ4v) is 2.78. The van der Waals surface area contributed by atoms with Crippen LogP contribution < -0.4 is 4.72 Å². The molecular weight excluding hydrogens is 296 g/mol. The second kappa shape index (κ2) is 5.82. The van der Waals surface area contributed by atoms with E-state index < -0.39 is 16.0 Å². The molecule has 2 rings (SSSR count). The first-order valence-corrected chi connectivity index (χ1v) is 7.88. The van der Waals surface area contributed by atoms with Gasteiger partial charge < -0.3 is 10.0 Å². The van der Waals surface area contributed by atoms with Crippen molar-refractivity contribution in [3.05, 3.63) is 29.8 Å². The number of amides is 1. The molecular formula is C13H16N2O5S. The summed E-state index contributed by atoms with van der Waals surface area (Å²) in [4.78, 5) is 23.9. The summed E-state index contributed by atoms with van der Waals surface area (Å²) in [5.74, 6) is -1.42. The first kappa shape index (κ1) is 15.5. The van der Waals surface area contributed by atoms with Crippen molar-refractivity contribution in [1.82, 2.24) is 9.62 Å². The van der Waals surface area contributed by atoms with Crippen molar-refractivity contribution in [3.8, 4) is 0 Å². The van der Waals surface area contributed by atoms with Crippen LogP contribution in [0.5, 0.6) is 0 Å². The standard InChI is InChI=1S/C13H16N2O5S/c1-15(10-4-5-10)12(16)8-14-21(19,20)11-6-2-9(3-7-11)13(17)18/h2-3,6-7,10,14H,4-5,8H2,1H3,(H,17,18). The summed E-state index contributed by atoms with van der Waals surface area (Å²) in [6.07, 6.45) is 1.90. The quantitative estimate of drug-likeness (QED) is 0.785. The van der Waals surface area contributed by atoms with E-state index in [9.17, 15) is 18.0 Å². The van der Waals surface area contributed by atoms with E-state index in [1.54, 1.807) is 7.05 Å². The molecule has 114 valence electrons. The Morgan fingerprint density at radius 1 is 1.29 bits per heavy atom. The lowest BCUT2D eigenvalue weighted by molar-refractivity contribution is -0.129. The molecule has 0 atom stereocenters. The van der Waals surface area contributed by atoms with E-state index in [1.807, 2.05) is 0 Å². The van der Waals surface area contributed by atoms with Crippen LogP contribution in [0.1, 0.15) is 23.2 Å². The van der Waals surface area contributed by atoms with E-state index in [0.717, 1.165) is 12.8 Å². The average Bonchev–Trinajstić information content (AvgIpc) is 3.28. The number of sulfonamides is 1. The summed E-state index contributed by atoms with van der Waals surface area (Å²) in [6.45, 7) is -0.310. The van der Waals surface area contributed by atoms with E-state index >= 15 is 0 Å². The summed E-state index contributed by atoms with van der Waals surface area (Å²) in [5.41, 5.74) is -0.00140. The van der Waals surface area contributed by atoms with Crippen LogP contribution in [0.4, 0.5) is 0 Å². The Hall–Kier alpha value is -1.93. The van der Waals surface area contributed by atoms with Crippen molar-refractivity contribution < 1.29 is 23.1 Å². The molecule has 0 aliphatic heterocycles. The average molecular weight is 312 g/mol. The minimum Gasteiger partial charge on any atom is -0.478 e. The summed E-state index contributed by atoms with van der Waals surface area (Å²) in [5, 5.41) is 8.76. The summed E-state index contributed by atoms with van der Waals surface area (Å²) in [6, 6.07) is 5.02. The first-order valence-electron chi connectivity index (χ1n) is 6.40. The molecule has 1 aromatic carbocycles. The fraction of sp³-hybridized carbons (Fsp3) is 0.385. The fourth-order valence-electron chi connectivity index (χ4n) is 1.81. The van der Waals surface area contributed by atoms with Crippen molar-refractivity contribution in [1.29, 1.82) is 0 Å². The molecule has 0 saturated heterocycles. The van der Waals surface area contributed by atoms with Gasteiger partial charge in [0.2, 0.25) is 15.9 Å². The number of carboxylic acids is 1. The Bertz CT molecular complexity index is 650. The molecule has 0 unspecified atom stereocenters. The number of likely N-dealkylation sites (N-methyl/N-ethyl adjacent to an activating group) is 1. The van der Waals surface area contributed by atoms with Crippen molar-refractivity contribution >= 4 is 21.9 Å². The normalized spacial score (nSPS) is 14.7. The Kier molecular flexibility index (Phi) is 4.29. The van der Waals surface area contributed by atoms with Gasteiger partial charge >= 0.3 is 5.97 Å². The van der Waals surface area contributed by atoms with Gasteiger partial charge in [-0.05, 0) is 37.1 Å². The molecule has 7 nitrogen and oxygen atoms in total. The number of hydrogen-bond donors (Lipinski definition) is 2. The van der Waals surface area contributed by atoms with Crippen LogP contribution in [0.15, 0.2) is 29.2 Å². The van der Waals surface area contributed by atoms with Gasteiger partial charge in [-0.15, -0.1) is 0 Å². The highest BCUT2D eigenvalue weighted by Gasteiger charge is 2.29. The molecule has 1 saturated carbocycles. The molecule has 1 aliphatic rings. The molecule has 1 aliphatic carbocycles.